The first-order valence-electron chi connectivity index (χ1n) is 8.09. The smallest absolute Gasteiger partial charge is 0.103 e. The summed E-state index contributed by atoms with van der Waals surface area (Å²) < 4.78 is 0. The lowest BCUT2D eigenvalue weighted by molar-refractivity contribution is 0.235. The Bertz CT molecular complexity index is 264. The van der Waals surface area contributed by atoms with Crippen molar-refractivity contribution < 1.29 is 0 Å². The molecule has 0 radical (unpaired) electrons. The van der Waals surface area contributed by atoms with Crippen LogP contribution in [0.5, 0.6) is 0 Å². The molecule has 1 fully saturated rings. The van der Waals surface area contributed by atoms with Crippen LogP contribution in [-0.2, 0) is 0 Å². The Balaban J connectivity index is 2.24. The van der Waals surface area contributed by atoms with Gasteiger partial charge in [0.05, 0.1) is 6.07 Å². The fraction of sp³-hybridized carbons (Fsp3) is 0.938. The molecule has 1 heterocycles. The summed E-state index contributed by atoms with van der Waals surface area (Å²) >= 11 is 0. The fourth-order valence-corrected chi connectivity index (χ4v) is 2.78. The summed E-state index contributed by atoms with van der Waals surface area (Å²) in [7, 11) is 0. The van der Waals surface area contributed by atoms with E-state index in [0.29, 0.717) is 0 Å². The number of nitrogens with zero attached hydrogens (tertiary/aromatic N) is 2. The highest BCUT2D eigenvalue weighted by molar-refractivity contribution is 5.03. The zero-order chi connectivity index (χ0) is 14.0. The van der Waals surface area contributed by atoms with E-state index in [1.807, 2.05) is 6.92 Å². The molecule has 3 heteroatoms. The topological polar surface area (TPSA) is 39.1 Å². The van der Waals surface area contributed by atoms with Crippen molar-refractivity contribution in [2.75, 3.05) is 26.2 Å². The van der Waals surface area contributed by atoms with Crippen LogP contribution in [-0.4, -0.2) is 36.6 Å². The number of nitrogens with one attached hydrogen (secondary N) is 1. The van der Waals surface area contributed by atoms with Crippen molar-refractivity contribution in [1.82, 2.24) is 10.2 Å². The van der Waals surface area contributed by atoms with E-state index in [0.717, 1.165) is 32.4 Å². The molecule has 0 aromatic heterocycles. The van der Waals surface area contributed by atoms with E-state index >= 15 is 0 Å². The van der Waals surface area contributed by atoms with Crippen LogP contribution in [0.3, 0.4) is 0 Å². The summed E-state index contributed by atoms with van der Waals surface area (Å²) in [5.74, 6) is 0. The third-order valence-corrected chi connectivity index (χ3v) is 4.11. The van der Waals surface area contributed by atoms with E-state index in [1.54, 1.807) is 0 Å². The second-order valence-electron chi connectivity index (χ2n) is 6.08. The van der Waals surface area contributed by atoms with E-state index in [2.05, 4.69) is 23.2 Å². The molecule has 19 heavy (non-hydrogen) atoms. The molecular weight excluding hydrogens is 234 g/mol. The molecule has 0 spiro atoms. The molecule has 1 N–H and O–H groups in total. The van der Waals surface area contributed by atoms with Gasteiger partial charge in [0.25, 0.3) is 0 Å². The SMILES string of the molecule is CCCNC(C)(C#N)CCCN1CCCCCCC1. The average molecular weight is 265 g/mol. The van der Waals surface area contributed by atoms with Crippen LogP contribution in [0.1, 0.15) is 65.2 Å². The Kier molecular flexibility index (Phi) is 8.09. The van der Waals surface area contributed by atoms with Crippen LogP contribution in [0.15, 0.2) is 0 Å². The highest BCUT2D eigenvalue weighted by atomic mass is 15.1. The number of nitriles is 1. The van der Waals surface area contributed by atoms with Gasteiger partial charge in [-0.25, -0.2) is 0 Å². The quantitative estimate of drug-likeness (QED) is 0.767. The molecule has 1 aliphatic heterocycles. The lowest BCUT2D eigenvalue weighted by atomic mass is 9.97. The Morgan fingerprint density at radius 3 is 2.37 bits per heavy atom. The first kappa shape index (κ1) is 16.5. The van der Waals surface area contributed by atoms with Gasteiger partial charge in [0.2, 0.25) is 0 Å². The minimum atomic E-state index is -0.335. The zero-order valence-electron chi connectivity index (χ0n) is 12.9. The maximum absolute atomic E-state index is 9.30. The van der Waals surface area contributed by atoms with E-state index in [1.165, 1.54) is 45.2 Å². The van der Waals surface area contributed by atoms with Crippen molar-refractivity contribution >= 4 is 0 Å². The van der Waals surface area contributed by atoms with Gasteiger partial charge in [0.15, 0.2) is 0 Å². The van der Waals surface area contributed by atoms with Gasteiger partial charge in [-0.3, -0.25) is 5.32 Å². The lowest BCUT2D eigenvalue weighted by Gasteiger charge is -2.27. The molecule has 0 bridgehead atoms. The van der Waals surface area contributed by atoms with Crippen molar-refractivity contribution in [1.29, 1.82) is 5.26 Å². The molecule has 0 saturated carbocycles. The number of hydrogen-bond donors (Lipinski definition) is 1. The summed E-state index contributed by atoms with van der Waals surface area (Å²) in [4.78, 5) is 2.59. The predicted octanol–water partition coefficient (Wildman–Crippen LogP) is 3.31. The summed E-state index contributed by atoms with van der Waals surface area (Å²) in [6.45, 7) is 8.79. The Morgan fingerprint density at radius 1 is 1.16 bits per heavy atom. The van der Waals surface area contributed by atoms with Gasteiger partial charge in [-0.2, -0.15) is 5.26 Å². The summed E-state index contributed by atoms with van der Waals surface area (Å²) in [5.41, 5.74) is -0.335. The molecule has 0 amide bonds. The van der Waals surface area contributed by atoms with E-state index in [-0.39, 0.29) is 5.54 Å². The molecule has 1 aliphatic rings. The van der Waals surface area contributed by atoms with E-state index < -0.39 is 0 Å². The molecule has 3 nitrogen and oxygen atoms in total. The van der Waals surface area contributed by atoms with Crippen LogP contribution in [0.4, 0.5) is 0 Å². The molecule has 0 aromatic carbocycles. The van der Waals surface area contributed by atoms with Crippen LogP contribution in [0.2, 0.25) is 0 Å². The van der Waals surface area contributed by atoms with Gasteiger partial charge < -0.3 is 4.90 Å². The minimum Gasteiger partial charge on any atom is -0.303 e. The molecule has 0 aromatic rings. The highest BCUT2D eigenvalue weighted by Gasteiger charge is 2.22. The predicted molar refractivity (Wildman–Crippen MR) is 81.1 cm³/mol. The summed E-state index contributed by atoms with van der Waals surface area (Å²) in [5, 5.41) is 12.7. The first-order valence-corrected chi connectivity index (χ1v) is 8.09. The second-order valence-corrected chi connectivity index (χ2v) is 6.08. The standard InChI is InChI=1S/C16H31N3/c1-3-11-18-16(2,15-17)10-9-14-19-12-7-5-4-6-8-13-19/h18H,3-14H2,1-2H3. The van der Waals surface area contributed by atoms with Crippen molar-refractivity contribution in [3.05, 3.63) is 0 Å². The normalized spacial score (nSPS) is 21.1. The molecule has 1 rings (SSSR count). The summed E-state index contributed by atoms with van der Waals surface area (Å²) in [6, 6.07) is 2.44. The number of hydrogen-bond acceptors (Lipinski definition) is 3. The molecule has 110 valence electrons. The number of likely N-dealkylation sites (tertiary alicyclic amines) is 1. The molecule has 1 unspecified atom stereocenters. The fourth-order valence-electron chi connectivity index (χ4n) is 2.78. The Morgan fingerprint density at radius 2 is 1.79 bits per heavy atom. The van der Waals surface area contributed by atoms with Gasteiger partial charge in [-0.1, -0.05) is 26.2 Å². The third kappa shape index (κ3) is 6.94. The van der Waals surface area contributed by atoms with Gasteiger partial charge in [0, 0.05) is 0 Å². The van der Waals surface area contributed by atoms with Crippen LogP contribution in [0, 0.1) is 11.3 Å². The molecular formula is C16H31N3. The van der Waals surface area contributed by atoms with E-state index in [9.17, 15) is 5.26 Å². The van der Waals surface area contributed by atoms with Gasteiger partial charge in [-0.15, -0.1) is 0 Å². The largest absolute Gasteiger partial charge is 0.303 e. The first-order chi connectivity index (χ1) is 9.20. The lowest BCUT2D eigenvalue weighted by Crippen LogP contribution is -2.42. The van der Waals surface area contributed by atoms with Crippen molar-refractivity contribution in [3.63, 3.8) is 0 Å². The molecule has 1 saturated heterocycles. The second kappa shape index (κ2) is 9.34. The van der Waals surface area contributed by atoms with Gasteiger partial charge >= 0.3 is 0 Å². The van der Waals surface area contributed by atoms with Gasteiger partial charge in [-0.05, 0) is 65.2 Å². The highest BCUT2D eigenvalue weighted by Crippen LogP contribution is 2.14. The minimum absolute atomic E-state index is 0.335. The maximum Gasteiger partial charge on any atom is 0.103 e. The zero-order valence-corrected chi connectivity index (χ0v) is 12.9. The summed E-state index contributed by atoms with van der Waals surface area (Å²) in [6.07, 6.45) is 10.1. The number of rotatable bonds is 7. The Hall–Kier alpha value is -0.590. The molecule has 0 aliphatic carbocycles. The van der Waals surface area contributed by atoms with Crippen LogP contribution >= 0.6 is 0 Å². The van der Waals surface area contributed by atoms with Crippen LogP contribution in [0.25, 0.3) is 0 Å². The van der Waals surface area contributed by atoms with Crippen molar-refractivity contribution in [3.8, 4) is 6.07 Å². The van der Waals surface area contributed by atoms with Crippen LogP contribution < -0.4 is 5.32 Å². The Labute approximate surface area is 119 Å². The van der Waals surface area contributed by atoms with E-state index in [4.69, 9.17) is 0 Å². The molecule has 1 atom stereocenters. The maximum atomic E-state index is 9.30. The van der Waals surface area contributed by atoms with Crippen molar-refractivity contribution in [2.45, 2.75) is 70.8 Å². The van der Waals surface area contributed by atoms with Crippen molar-refractivity contribution in [2.24, 2.45) is 0 Å². The third-order valence-electron chi connectivity index (χ3n) is 4.11. The van der Waals surface area contributed by atoms with Gasteiger partial charge in [0.1, 0.15) is 5.54 Å². The monoisotopic (exact) mass is 265 g/mol. The average Bonchev–Trinajstić information content (AvgIpc) is 2.39.